The van der Waals surface area contributed by atoms with Crippen molar-refractivity contribution in [1.29, 1.82) is 0 Å². The minimum absolute atomic E-state index is 0.274. The Morgan fingerprint density at radius 2 is 2.28 bits per heavy atom. The van der Waals surface area contributed by atoms with Gasteiger partial charge in [0.1, 0.15) is 11.6 Å². The zero-order valence-electron chi connectivity index (χ0n) is 10.4. The number of carbonyl (C=O) groups is 1. The van der Waals surface area contributed by atoms with Crippen molar-refractivity contribution in [3.05, 3.63) is 29.8 Å². The lowest BCUT2D eigenvalue weighted by Crippen LogP contribution is -2.06. The monoisotopic (exact) mass is 250 g/mol. The van der Waals surface area contributed by atoms with Crippen molar-refractivity contribution in [2.75, 3.05) is 6.61 Å². The Morgan fingerprint density at radius 3 is 3.00 bits per heavy atom. The van der Waals surface area contributed by atoms with Crippen LogP contribution in [0.4, 0.5) is 4.39 Å². The van der Waals surface area contributed by atoms with E-state index in [-0.39, 0.29) is 11.8 Å². The van der Waals surface area contributed by atoms with Gasteiger partial charge in [-0.1, -0.05) is 0 Å². The zero-order chi connectivity index (χ0) is 13.1. The van der Waals surface area contributed by atoms with Gasteiger partial charge in [-0.3, -0.25) is 4.79 Å². The van der Waals surface area contributed by atoms with E-state index in [0.717, 1.165) is 11.3 Å². The van der Waals surface area contributed by atoms with Crippen LogP contribution in [0, 0.1) is 12.7 Å². The summed E-state index contributed by atoms with van der Waals surface area (Å²) in [6, 6.07) is 4.56. The molecule has 0 N–H and O–H groups in total. The van der Waals surface area contributed by atoms with E-state index in [2.05, 4.69) is 4.98 Å². The van der Waals surface area contributed by atoms with Gasteiger partial charge in [-0.25, -0.2) is 9.37 Å². The third-order valence-electron chi connectivity index (χ3n) is 2.73. The van der Waals surface area contributed by atoms with E-state index in [0.29, 0.717) is 25.1 Å². The Hall–Kier alpha value is -1.91. The van der Waals surface area contributed by atoms with Gasteiger partial charge in [-0.05, 0) is 25.5 Å². The largest absolute Gasteiger partial charge is 0.466 e. The molecule has 0 saturated heterocycles. The minimum Gasteiger partial charge on any atom is -0.466 e. The summed E-state index contributed by atoms with van der Waals surface area (Å²) in [5.41, 5.74) is 1.55. The van der Waals surface area contributed by atoms with Crippen LogP contribution in [0.3, 0.4) is 0 Å². The van der Waals surface area contributed by atoms with E-state index in [9.17, 15) is 9.18 Å². The molecule has 0 aliphatic carbocycles. The number of hydrogen-bond acceptors (Lipinski definition) is 3. The fourth-order valence-corrected chi connectivity index (χ4v) is 1.94. The number of carbonyl (C=O) groups excluding carboxylic acids is 1. The van der Waals surface area contributed by atoms with E-state index in [1.165, 1.54) is 19.1 Å². The SMILES string of the molecule is CC(=O)OCCCn1c(C)nc2cc(F)ccc21. The number of benzene rings is 1. The number of aromatic nitrogens is 2. The number of aryl methyl sites for hydroxylation is 2. The molecule has 0 fully saturated rings. The normalized spacial score (nSPS) is 10.8. The number of rotatable bonds is 4. The first-order valence-corrected chi connectivity index (χ1v) is 5.83. The maximum Gasteiger partial charge on any atom is 0.302 e. The molecule has 1 heterocycles. The number of nitrogens with zero attached hydrogens (tertiary/aromatic N) is 2. The molecule has 0 unspecified atom stereocenters. The predicted molar refractivity (Wildman–Crippen MR) is 65.7 cm³/mol. The van der Waals surface area contributed by atoms with Gasteiger partial charge < -0.3 is 9.30 Å². The highest BCUT2D eigenvalue weighted by Crippen LogP contribution is 2.17. The van der Waals surface area contributed by atoms with Crippen LogP contribution < -0.4 is 0 Å². The second-order valence-electron chi connectivity index (χ2n) is 4.14. The van der Waals surface area contributed by atoms with Crippen LogP contribution in [0.5, 0.6) is 0 Å². The Bertz CT molecular complexity index is 578. The number of fused-ring (bicyclic) bond motifs is 1. The summed E-state index contributed by atoms with van der Waals surface area (Å²) < 4.78 is 19.9. The topological polar surface area (TPSA) is 44.1 Å². The molecule has 96 valence electrons. The molecule has 4 nitrogen and oxygen atoms in total. The van der Waals surface area contributed by atoms with E-state index < -0.39 is 0 Å². The minimum atomic E-state index is -0.285. The summed E-state index contributed by atoms with van der Waals surface area (Å²) in [6.07, 6.45) is 0.712. The molecular weight excluding hydrogens is 235 g/mol. The molecule has 1 aromatic heterocycles. The predicted octanol–water partition coefficient (Wildman–Crippen LogP) is 2.44. The van der Waals surface area contributed by atoms with Crippen LogP contribution in [0.2, 0.25) is 0 Å². The van der Waals surface area contributed by atoms with Crippen molar-refractivity contribution < 1.29 is 13.9 Å². The summed E-state index contributed by atoms with van der Waals surface area (Å²) in [4.78, 5) is 14.9. The third-order valence-corrected chi connectivity index (χ3v) is 2.73. The van der Waals surface area contributed by atoms with E-state index in [4.69, 9.17) is 4.74 Å². The summed E-state index contributed by atoms with van der Waals surface area (Å²) in [6.45, 7) is 4.35. The molecule has 0 amide bonds. The van der Waals surface area contributed by atoms with E-state index in [1.54, 1.807) is 6.07 Å². The fourth-order valence-electron chi connectivity index (χ4n) is 1.94. The first-order valence-electron chi connectivity index (χ1n) is 5.83. The molecule has 0 atom stereocenters. The van der Waals surface area contributed by atoms with E-state index in [1.807, 2.05) is 11.5 Å². The van der Waals surface area contributed by atoms with Crippen LogP contribution in [-0.2, 0) is 16.1 Å². The summed E-state index contributed by atoms with van der Waals surface area (Å²) in [5.74, 6) is 0.273. The Balaban J connectivity index is 2.12. The second kappa shape index (κ2) is 5.16. The molecule has 0 bridgehead atoms. The van der Waals surface area contributed by atoms with E-state index >= 15 is 0 Å². The average molecular weight is 250 g/mol. The molecule has 0 radical (unpaired) electrons. The quantitative estimate of drug-likeness (QED) is 0.618. The highest BCUT2D eigenvalue weighted by Gasteiger charge is 2.07. The van der Waals surface area contributed by atoms with Gasteiger partial charge in [-0.2, -0.15) is 0 Å². The molecule has 2 rings (SSSR count). The van der Waals surface area contributed by atoms with Gasteiger partial charge >= 0.3 is 5.97 Å². The molecular formula is C13H15FN2O2. The van der Waals surface area contributed by atoms with Gasteiger partial charge in [-0.15, -0.1) is 0 Å². The number of halogens is 1. The number of esters is 1. The first-order chi connectivity index (χ1) is 8.58. The van der Waals surface area contributed by atoms with Crippen molar-refractivity contribution in [3.63, 3.8) is 0 Å². The van der Waals surface area contributed by atoms with Crippen LogP contribution in [0.25, 0.3) is 11.0 Å². The lowest BCUT2D eigenvalue weighted by molar-refractivity contribution is -0.141. The Kier molecular flexibility index (Phi) is 3.60. The van der Waals surface area contributed by atoms with Gasteiger partial charge in [0.2, 0.25) is 0 Å². The number of hydrogen-bond donors (Lipinski definition) is 0. The molecule has 2 aromatic rings. The van der Waals surface area contributed by atoms with Gasteiger partial charge in [0, 0.05) is 19.5 Å². The average Bonchev–Trinajstić information content (AvgIpc) is 2.59. The highest BCUT2D eigenvalue weighted by molar-refractivity contribution is 5.76. The van der Waals surface area contributed by atoms with Gasteiger partial charge in [0.25, 0.3) is 0 Å². The zero-order valence-corrected chi connectivity index (χ0v) is 10.4. The molecule has 0 aliphatic rings. The van der Waals surface area contributed by atoms with Crippen molar-refractivity contribution >= 4 is 17.0 Å². The lowest BCUT2D eigenvalue weighted by Gasteiger charge is -2.06. The van der Waals surface area contributed by atoms with Crippen molar-refractivity contribution in [3.8, 4) is 0 Å². The smallest absolute Gasteiger partial charge is 0.302 e. The number of ether oxygens (including phenoxy) is 1. The maximum absolute atomic E-state index is 13.1. The molecule has 5 heteroatoms. The second-order valence-corrected chi connectivity index (χ2v) is 4.14. The first kappa shape index (κ1) is 12.5. The van der Waals surface area contributed by atoms with Crippen molar-refractivity contribution in [2.45, 2.75) is 26.8 Å². The highest BCUT2D eigenvalue weighted by atomic mass is 19.1. The Labute approximate surface area is 104 Å². The fraction of sp³-hybridized carbons (Fsp3) is 0.385. The standard InChI is InChI=1S/C13H15FN2O2/c1-9-15-12-8-11(14)4-5-13(12)16(9)6-3-7-18-10(2)17/h4-5,8H,3,6-7H2,1-2H3. The molecule has 1 aromatic carbocycles. The van der Waals surface area contributed by atoms with Gasteiger partial charge in [0.05, 0.1) is 17.6 Å². The number of imidazole rings is 1. The molecule has 0 saturated carbocycles. The van der Waals surface area contributed by atoms with Crippen LogP contribution in [0.1, 0.15) is 19.2 Å². The lowest BCUT2D eigenvalue weighted by atomic mass is 10.3. The van der Waals surface area contributed by atoms with Crippen LogP contribution >= 0.6 is 0 Å². The van der Waals surface area contributed by atoms with Crippen LogP contribution in [-0.4, -0.2) is 22.1 Å². The third kappa shape index (κ3) is 2.67. The summed E-state index contributed by atoms with van der Waals surface area (Å²) in [7, 11) is 0. The summed E-state index contributed by atoms with van der Waals surface area (Å²) >= 11 is 0. The van der Waals surface area contributed by atoms with Crippen molar-refractivity contribution in [2.24, 2.45) is 0 Å². The molecule has 0 aliphatic heterocycles. The molecule has 0 spiro atoms. The van der Waals surface area contributed by atoms with Crippen LogP contribution in [0.15, 0.2) is 18.2 Å². The maximum atomic E-state index is 13.1. The summed E-state index contributed by atoms with van der Waals surface area (Å²) in [5, 5.41) is 0. The molecule has 18 heavy (non-hydrogen) atoms. The Morgan fingerprint density at radius 1 is 1.50 bits per heavy atom. The van der Waals surface area contributed by atoms with Crippen molar-refractivity contribution in [1.82, 2.24) is 9.55 Å². The van der Waals surface area contributed by atoms with Gasteiger partial charge in [0.15, 0.2) is 0 Å².